The molecule has 3 heterocycles. The molecule has 562 valence electrons. The number of amides is 2. The normalized spacial score (nSPS) is 27.7. The number of unbranched alkanes of at least 4 members (excludes halogenated alkanes) is 34. The molecule has 18 atom stereocenters. The van der Waals surface area contributed by atoms with Gasteiger partial charge in [-0.05, 0) is 38.5 Å². The number of carbonyl (C=O) groups is 3. The van der Waals surface area contributed by atoms with Crippen LogP contribution in [0.3, 0.4) is 0 Å². The van der Waals surface area contributed by atoms with Gasteiger partial charge in [0.1, 0.15) is 67.1 Å². The van der Waals surface area contributed by atoms with Crippen molar-refractivity contribution in [3.05, 3.63) is 24.3 Å². The van der Waals surface area contributed by atoms with E-state index in [2.05, 4.69) is 48.8 Å². The van der Waals surface area contributed by atoms with Gasteiger partial charge in [-0.3, -0.25) is 9.59 Å². The average Bonchev–Trinajstić information content (AvgIpc) is 0.784. The molecule has 23 heteroatoms. The first-order chi connectivity index (χ1) is 46.4. The minimum absolute atomic E-state index is 0.224. The Morgan fingerprint density at radius 3 is 1.51 bits per heavy atom. The molecule has 0 saturated carbocycles. The number of carboxylic acid groups (broad SMARTS) is 1. The summed E-state index contributed by atoms with van der Waals surface area (Å²) in [6, 6.07) is -2.53. The van der Waals surface area contributed by atoms with Gasteiger partial charge >= 0.3 is 5.97 Å². The van der Waals surface area contributed by atoms with Crippen LogP contribution in [0.4, 0.5) is 0 Å². The molecule has 0 radical (unpaired) electrons. The molecule has 18 unspecified atom stereocenters. The van der Waals surface area contributed by atoms with E-state index in [0.717, 1.165) is 71.1 Å². The van der Waals surface area contributed by atoms with Crippen molar-refractivity contribution < 1.29 is 104 Å². The van der Waals surface area contributed by atoms with Crippen LogP contribution in [0.15, 0.2) is 24.3 Å². The van der Waals surface area contributed by atoms with Crippen molar-refractivity contribution in [3.8, 4) is 0 Å². The molecule has 0 spiro atoms. The second-order valence-corrected chi connectivity index (χ2v) is 27.5. The van der Waals surface area contributed by atoms with E-state index < -0.39 is 148 Å². The summed E-state index contributed by atoms with van der Waals surface area (Å²) in [5.74, 6) is -6.10. The summed E-state index contributed by atoms with van der Waals surface area (Å²) in [7, 11) is 0. The Hall–Kier alpha value is -2.79. The molecular formula is C73H134N2O21. The second-order valence-electron chi connectivity index (χ2n) is 27.5. The molecule has 96 heavy (non-hydrogen) atoms. The highest BCUT2D eigenvalue weighted by Crippen LogP contribution is 2.39. The molecule has 3 fully saturated rings. The second kappa shape index (κ2) is 53.1. The number of rotatable bonds is 58. The topological polar surface area (TPSA) is 373 Å². The van der Waals surface area contributed by atoms with Crippen molar-refractivity contribution in [2.45, 2.75) is 394 Å². The van der Waals surface area contributed by atoms with Gasteiger partial charge in [-0.25, -0.2) is 4.79 Å². The smallest absolute Gasteiger partial charge is 0.364 e. The maximum Gasteiger partial charge on any atom is 0.364 e. The Morgan fingerprint density at radius 1 is 0.552 bits per heavy atom. The first kappa shape index (κ1) is 87.4. The zero-order valence-electron chi connectivity index (χ0n) is 59.0. The molecule has 0 aliphatic carbocycles. The van der Waals surface area contributed by atoms with Crippen molar-refractivity contribution in [2.24, 2.45) is 0 Å². The molecule has 3 rings (SSSR count). The summed E-state index contributed by atoms with van der Waals surface area (Å²) in [4.78, 5) is 38.6. The number of carbonyl (C=O) groups excluding carboxylic acids is 2. The Morgan fingerprint density at radius 2 is 1.03 bits per heavy atom. The van der Waals surface area contributed by atoms with Crippen LogP contribution in [-0.2, 0) is 42.8 Å². The lowest BCUT2D eigenvalue weighted by atomic mass is 9.88. The van der Waals surface area contributed by atoms with Crippen molar-refractivity contribution in [2.75, 3.05) is 26.4 Å². The maximum atomic E-state index is 13.5. The van der Waals surface area contributed by atoms with Gasteiger partial charge in [-0.15, -0.1) is 0 Å². The van der Waals surface area contributed by atoms with E-state index in [0.29, 0.717) is 19.3 Å². The molecule has 0 aromatic heterocycles. The molecule has 3 aliphatic rings. The van der Waals surface area contributed by atoms with E-state index in [1.54, 1.807) is 0 Å². The Labute approximate surface area is 574 Å². The fourth-order valence-corrected chi connectivity index (χ4v) is 13.2. The van der Waals surface area contributed by atoms with Crippen LogP contribution in [0.25, 0.3) is 0 Å². The molecule has 23 nitrogen and oxygen atoms in total. The quantitative estimate of drug-likeness (QED) is 0.0201. The fraction of sp³-hybridized carbons (Fsp3) is 0.904. The standard InChI is InChI=1S/C73H134N2O21/c1-4-6-8-10-12-14-16-18-20-22-24-26-28-30-32-34-36-38-40-42-44-46-55(80)54(75-60(83)47-45-43-41-39-37-35-33-31-29-27-25-23-21-19-17-15-13-11-9-7-5-2)52-91-70-65(87)64(86)67(59(51-78)93-70)94-71-66(88)69(63(85)58(50-77)92-71)96-73(72(89)90)48-56(81)61(74-53(3)79)68(95-73)62(84)57(82)49-76/h7,9,13,15,54-59,61-71,76-78,80-82,84-88H,4-6,8,10-12,14,16-52H2,1-3H3,(H,74,79)(H,75,83)(H,89,90)/b9-7-,15-13-. The van der Waals surface area contributed by atoms with E-state index in [4.69, 9.17) is 28.4 Å². The monoisotopic (exact) mass is 1370 g/mol. The number of ether oxygens (including phenoxy) is 6. The lowest BCUT2D eigenvalue weighted by Gasteiger charge is -2.50. The number of nitrogens with one attached hydrogen (secondary N) is 2. The van der Waals surface area contributed by atoms with Crippen molar-refractivity contribution in [3.63, 3.8) is 0 Å². The molecule has 14 N–H and O–H groups in total. The average molecular weight is 1380 g/mol. The third-order valence-electron chi connectivity index (χ3n) is 19.2. The Balaban J connectivity index is 1.55. The van der Waals surface area contributed by atoms with Crippen LogP contribution in [0.2, 0.25) is 0 Å². The van der Waals surface area contributed by atoms with E-state index in [9.17, 15) is 75.7 Å². The Kier molecular flexibility index (Phi) is 48.3. The van der Waals surface area contributed by atoms with Gasteiger partial charge in [0.05, 0.1) is 50.7 Å². The summed E-state index contributed by atoms with van der Waals surface area (Å²) in [6.07, 6.45) is 25.9. The highest BCUT2D eigenvalue weighted by molar-refractivity contribution is 5.77. The SMILES string of the molecule is CC/C=C\C/C=C\CCCCCCCCCCCCCCCCC(=O)NC(COC1OC(CO)C(OC2OC(CO)C(O)C(OC3(C(=O)O)CC(O)C(NC(C)=O)C(C(O)C(O)CO)O3)C2O)C(O)C1O)C(O)CCCCCCCCCCCCCCCCCCCCCCC. The van der Waals surface area contributed by atoms with Gasteiger partial charge in [0.15, 0.2) is 12.6 Å². The number of aliphatic hydroxyl groups is 11. The van der Waals surface area contributed by atoms with Gasteiger partial charge < -0.3 is 100 Å². The maximum absolute atomic E-state index is 13.5. The van der Waals surface area contributed by atoms with Crippen LogP contribution >= 0.6 is 0 Å². The minimum Gasteiger partial charge on any atom is -0.477 e. The van der Waals surface area contributed by atoms with Gasteiger partial charge in [-0.2, -0.15) is 0 Å². The summed E-state index contributed by atoms with van der Waals surface area (Å²) in [5.41, 5.74) is 0. The summed E-state index contributed by atoms with van der Waals surface area (Å²) < 4.78 is 34.9. The van der Waals surface area contributed by atoms with Crippen LogP contribution in [0.5, 0.6) is 0 Å². The zero-order valence-corrected chi connectivity index (χ0v) is 59.0. The van der Waals surface area contributed by atoms with Gasteiger partial charge in [0.2, 0.25) is 11.8 Å². The highest BCUT2D eigenvalue weighted by atomic mass is 16.8. The first-order valence-corrected chi connectivity index (χ1v) is 37.7. The summed E-state index contributed by atoms with van der Waals surface area (Å²) in [5, 5.41) is 136. The van der Waals surface area contributed by atoms with E-state index in [1.807, 2.05) is 0 Å². The number of hydrogen-bond acceptors (Lipinski definition) is 20. The van der Waals surface area contributed by atoms with E-state index >= 15 is 0 Å². The molecule has 0 bridgehead atoms. The number of carboxylic acids is 1. The molecule has 0 aromatic carbocycles. The molecule has 0 aromatic rings. The van der Waals surface area contributed by atoms with Gasteiger partial charge in [0.25, 0.3) is 5.79 Å². The van der Waals surface area contributed by atoms with Crippen molar-refractivity contribution in [1.29, 1.82) is 0 Å². The molecule has 3 aliphatic heterocycles. The van der Waals surface area contributed by atoms with Crippen molar-refractivity contribution in [1.82, 2.24) is 10.6 Å². The highest BCUT2D eigenvalue weighted by Gasteiger charge is 2.60. The lowest BCUT2D eigenvalue weighted by Crippen LogP contribution is -2.70. The van der Waals surface area contributed by atoms with Gasteiger partial charge in [-0.1, -0.05) is 250 Å². The number of aliphatic hydroxyl groups excluding tert-OH is 11. The molecule has 2 amide bonds. The number of aliphatic carboxylic acids is 1. The first-order valence-electron chi connectivity index (χ1n) is 37.7. The Bertz CT molecular complexity index is 2030. The molecular weight excluding hydrogens is 1240 g/mol. The third-order valence-corrected chi connectivity index (χ3v) is 19.2. The number of hydrogen-bond donors (Lipinski definition) is 14. The predicted octanol–water partition coefficient (Wildman–Crippen LogP) is 8.40. The third kappa shape index (κ3) is 34.3. The van der Waals surface area contributed by atoms with Crippen LogP contribution in [-0.4, -0.2) is 215 Å². The van der Waals surface area contributed by atoms with Crippen molar-refractivity contribution >= 4 is 17.8 Å². The lowest BCUT2D eigenvalue weighted by molar-refractivity contribution is -0.386. The van der Waals surface area contributed by atoms with E-state index in [-0.39, 0.29) is 18.9 Å². The fourth-order valence-electron chi connectivity index (χ4n) is 13.2. The van der Waals surface area contributed by atoms with Crippen LogP contribution < -0.4 is 10.6 Å². The van der Waals surface area contributed by atoms with E-state index in [1.165, 1.54) is 167 Å². The van der Waals surface area contributed by atoms with Gasteiger partial charge in [0, 0.05) is 19.8 Å². The number of allylic oxidation sites excluding steroid dienone is 4. The van der Waals surface area contributed by atoms with Crippen LogP contribution in [0, 0.1) is 0 Å². The molecule has 3 saturated heterocycles. The predicted molar refractivity (Wildman–Crippen MR) is 366 cm³/mol. The summed E-state index contributed by atoms with van der Waals surface area (Å²) in [6.45, 7) is 2.14. The minimum atomic E-state index is -3.08. The van der Waals surface area contributed by atoms with Crippen LogP contribution in [0.1, 0.15) is 284 Å². The zero-order chi connectivity index (χ0) is 70.4. The summed E-state index contributed by atoms with van der Waals surface area (Å²) >= 11 is 0. The largest absolute Gasteiger partial charge is 0.477 e.